The molecule has 0 saturated heterocycles. The summed E-state index contributed by atoms with van der Waals surface area (Å²) in [6.45, 7) is 8.02. The highest BCUT2D eigenvalue weighted by Gasteiger charge is 2.34. The van der Waals surface area contributed by atoms with E-state index in [1.807, 2.05) is 6.20 Å². The fourth-order valence-electron chi connectivity index (χ4n) is 2.71. The van der Waals surface area contributed by atoms with Crippen LogP contribution in [-0.4, -0.2) is 15.6 Å². The molecule has 0 radical (unpaired) electrons. The highest BCUT2D eigenvalue weighted by Crippen LogP contribution is 2.38. The maximum atomic E-state index is 4.45. The first kappa shape index (κ1) is 12.5. The van der Waals surface area contributed by atoms with Crippen LogP contribution < -0.4 is 5.32 Å². The van der Waals surface area contributed by atoms with Crippen molar-refractivity contribution in [3.8, 4) is 0 Å². The number of rotatable bonds is 5. The van der Waals surface area contributed by atoms with E-state index >= 15 is 0 Å². The zero-order valence-corrected chi connectivity index (χ0v) is 11.4. The minimum Gasteiger partial charge on any atom is -0.352 e. The van der Waals surface area contributed by atoms with E-state index in [-0.39, 0.29) is 0 Å². The molecule has 0 aliphatic heterocycles. The van der Waals surface area contributed by atoms with Crippen LogP contribution in [0.25, 0.3) is 0 Å². The molecule has 1 N–H and O–H groups in total. The van der Waals surface area contributed by atoms with Crippen molar-refractivity contribution in [2.24, 2.45) is 5.41 Å². The molecule has 1 saturated carbocycles. The van der Waals surface area contributed by atoms with Crippen LogP contribution in [0.4, 0.5) is 5.95 Å². The Balaban J connectivity index is 2.01. The molecule has 2 rings (SSSR count). The van der Waals surface area contributed by atoms with E-state index in [9.17, 15) is 0 Å². The average Bonchev–Trinajstić information content (AvgIpc) is 2.84. The first-order valence-corrected chi connectivity index (χ1v) is 6.91. The van der Waals surface area contributed by atoms with Crippen LogP contribution in [0.15, 0.2) is 12.4 Å². The lowest BCUT2D eigenvalue weighted by Crippen LogP contribution is -2.32. The third-order valence-electron chi connectivity index (χ3n) is 4.03. The molecule has 96 valence electrons. The van der Waals surface area contributed by atoms with Gasteiger partial charge in [0.25, 0.3) is 0 Å². The average molecular weight is 235 g/mol. The smallest absolute Gasteiger partial charge is 0.203 e. The van der Waals surface area contributed by atoms with Crippen LogP contribution in [0.5, 0.6) is 0 Å². The van der Waals surface area contributed by atoms with Crippen LogP contribution in [0.1, 0.15) is 52.9 Å². The summed E-state index contributed by atoms with van der Waals surface area (Å²) < 4.78 is 2.25. The van der Waals surface area contributed by atoms with Crippen LogP contribution >= 0.6 is 0 Å². The summed E-state index contributed by atoms with van der Waals surface area (Å²) in [5.74, 6) is 1.05. The van der Waals surface area contributed by atoms with Gasteiger partial charge in [-0.25, -0.2) is 4.98 Å². The standard InChI is InChI=1S/C14H25N3/c1-4-5-10-17-11-9-15-13(17)16-12-7-6-8-14(12,2)3/h9,11-12H,4-8,10H2,1-3H3,(H,15,16). The largest absolute Gasteiger partial charge is 0.352 e. The van der Waals surface area contributed by atoms with Gasteiger partial charge >= 0.3 is 0 Å². The zero-order chi connectivity index (χ0) is 12.3. The number of aryl methyl sites for hydroxylation is 1. The predicted molar refractivity (Wildman–Crippen MR) is 72.2 cm³/mol. The molecule has 0 amide bonds. The van der Waals surface area contributed by atoms with Gasteiger partial charge in [-0.2, -0.15) is 0 Å². The second-order valence-electron chi connectivity index (χ2n) is 5.88. The third-order valence-corrected chi connectivity index (χ3v) is 4.03. The summed E-state index contributed by atoms with van der Waals surface area (Å²) in [7, 11) is 0. The number of nitrogens with one attached hydrogen (secondary N) is 1. The Morgan fingerprint density at radius 1 is 1.53 bits per heavy atom. The fourth-order valence-corrected chi connectivity index (χ4v) is 2.71. The molecule has 17 heavy (non-hydrogen) atoms. The van der Waals surface area contributed by atoms with Crippen molar-refractivity contribution < 1.29 is 0 Å². The fraction of sp³-hybridized carbons (Fsp3) is 0.786. The van der Waals surface area contributed by atoms with Crippen molar-refractivity contribution in [2.45, 2.75) is 65.5 Å². The van der Waals surface area contributed by atoms with Crippen LogP contribution in [0.2, 0.25) is 0 Å². The first-order valence-electron chi connectivity index (χ1n) is 6.91. The number of nitrogens with zero attached hydrogens (tertiary/aromatic N) is 2. The number of hydrogen-bond acceptors (Lipinski definition) is 2. The van der Waals surface area contributed by atoms with E-state index in [0.717, 1.165) is 12.5 Å². The van der Waals surface area contributed by atoms with Crippen molar-refractivity contribution in [3.63, 3.8) is 0 Å². The maximum Gasteiger partial charge on any atom is 0.203 e. The van der Waals surface area contributed by atoms with Gasteiger partial charge in [0, 0.05) is 25.0 Å². The second kappa shape index (κ2) is 5.11. The molecule has 1 heterocycles. The Bertz CT molecular complexity index is 354. The lowest BCUT2D eigenvalue weighted by atomic mass is 9.87. The third kappa shape index (κ3) is 2.82. The minimum absolute atomic E-state index is 0.404. The Morgan fingerprint density at radius 3 is 3.00 bits per heavy atom. The van der Waals surface area contributed by atoms with Gasteiger partial charge in [-0.3, -0.25) is 0 Å². The Hall–Kier alpha value is -0.990. The van der Waals surface area contributed by atoms with E-state index in [1.165, 1.54) is 32.1 Å². The predicted octanol–water partition coefficient (Wildman–Crippen LogP) is 3.67. The highest BCUT2D eigenvalue weighted by atomic mass is 15.2. The van der Waals surface area contributed by atoms with Crippen LogP contribution in [-0.2, 0) is 6.54 Å². The summed E-state index contributed by atoms with van der Waals surface area (Å²) in [6.07, 6.45) is 10.4. The SMILES string of the molecule is CCCCn1ccnc1NC1CCCC1(C)C. The molecule has 0 aromatic carbocycles. The van der Waals surface area contributed by atoms with Crippen LogP contribution in [0, 0.1) is 5.41 Å². The molecule has 3 nitrogen and oxygen atoms in total. The van der Waals surface area contributed by atoms with Gasteiger partial charge in [0.05, 0.1) is 0 Å². The van der Waals surface area contributed by atoms with E-state index in [1.54, 1.807) is 0 Å². The normalized spacial score (nSPS) is 22.9. The quantitative estimate of drug-likeness (QED) is 0.844. The molecule has 1 atom stereocenters. The lowest BCUT2D eigenvalue weighted by molar-refractivity contribution is 0.348. The number of imidazole rings is 1. The molecule has 1 aliphatic rings. The molecule has 0 bridgehead atoms. The summed E-state index contributed by atoms with van der Waals surface area (Å²) in [6, 6.07) is 0.574. The van der Waals surface area contributed by atoms with Crippen molar-refractivity contribution >= 4 is 5.95 Å². The summed E-state index contributed by atoms with van der Waals surface area (Å²) >= 11 is 0. The molecular formula is C14H25N3. The molecule has 1 unspecified atom stereocenters. The number of anilines is 1. The van der Waals surface area contributed by atoms with Gasteiger partial charge in [-0.15, -0.1) is 0 Å². The molecule has 0 spiro atoms. The molecule has 1 aromatic rings. The zero-order valence-electron chi connectivity index (χ0n) is 11.4. The second-order valence-corrected chi connectivity index (χ2v) is 5.88. The van der Waals surface area contributed by atoms with Gasteiger partial charge in [0.1, 0.15) is 0 Å². The Morgan fingerprint density at radius 2 is 2.35 bits per heavy atom. The Kier molecular flexibility index (Phi) is 3.75. The van der Waals surface area contributed by atoms with Gasteiger partial charge in [-0.05, 0) is 24.7 Å². The van der Waals surface area contributed by atoms with E-state index in [2.05, 4.69) is 41.8 Å². The molecule has 1 fully saturated rings. The molecule has 3 heteroatoms. The van der Waals surface area contributed by atoms with Crippen molar-refractivity contribution in [2.75, 3.05) is 5.32 Å². The number of hydrogen-bond donors (Lipinski definition) is 1. The molecular weight excluding hydrogens is 210 g/mol. The lowest BCUT2D eigenvalue weighted by Gasteiger charge is -2.28. The topological polar surface area (TPSA) is 29.9 Å². The van der Waals surface area contributed by atoms with Gasteiger partial charge in [0.2, 0.25) is 5.95 Å². The summed E-state index contributed by atoms with van der Waals surface area (Å²) in [5, 5.41) is 3.64. The number of unbranched alkanes of at least 4 members (excludes halogenated alkanes) is 1. The summed E-state index contributed by atoms with van der Waals surface area (Å²) in [5.41, 5.74) is 0.404. The monoisotopic (exact) mass is 235 g/mol. The molecule has 1 aliphatic carbocycles. The minimum atomic E-state index is 0.404. The van der Waals surface area contributed by atoms with Gasteiger partial charge in [-0.1, -0.05) is 33.6 Å². The molecule has 1 aromatic heterocycles. The van der Waals surface area contributed by atoms with Crippen molar-refractivity contribution in [3.05, 3.63) is 12.4 Å². The van der Waals surface area contributed by atoms with Crippen LogP contribution in [0.3, 0.4) is 0 Å². The first-order chi connectivity index (χ1) is 8.13. The number of aromatic nitrogens is 2. The van der Waals surface area contributed by atoms with Gasteiger partial charge < -0.3 is 9.88 Å². The van der Waals surface area contributed by atoms with Crippen molar-refractivity contribution in [1.82, 2.24) is 9.55 Å². The summed E-state index contributed by atoms with van der Waals surface area (Å²) in [4.78, 5) is 4.45. The van der Waals surface area contributed by atoms with E-state index in [4.69, 9.17) is 0 Å². The maximum absolute atomic E-state index is 4.45. The van der Waals surface area contributed by atoms with E-state index in [0.29, 0.717) is 11.5 Å². The van der Waals surface area contributed by atoms with Crippen molar-refractivity contribution in [1.29, 1.82) is 0 Å². The van der Waals surface area contributed by atoms with Gasteiger partial charge in [0.15, 0.2) is 0 Å². The van der Waals surface area contributed by atoms with E-state index < -0.39 is 0 Å². The highest BCUT2D eigenvalue weighted by molar-refractivity contribution is 5.29. The Labute approximate surface area is 105 Å².